The lowest BCUT2D eigenvalue weighted by molar-refractivity contribution is -0.126. The summed E-state index contributed by atoms with van der Waals surface area (Å²) >= 11 is 1.31. The van der Waals surface area contributed by atoms with Crippen LogP contribution >= 0.6 is 11.3 Å². The summed E-state index contributed by atoms with van der Waals surface area (Å²) in [5.74, 6) is 4.96. The highest BCUT2D eigenvalue weighted by Gasteiger charge is 2.41. The molecular weight excluding hydrogens is 288 g/mol. The Morgan fingerprint density at radius 1 is 1.57 bits per heavy atom. The summed E-state index contributed by atoms with van der Waals surface area (Å²) in [7, 11) is 0. The van der Waals surface area contributed by atoms with E-state index in [1.54, 1.807) is 17.9 Å². The number of likely N-dealkylation sites (tertiary alicyclic amines) is 1. The van der Waals surface area contributed by atoms with Gasteiger partial charge in [0.2, 0.25) is 5.91 Å². The number of thiophene rings is 1. The van der Waals surface area contributed by atoms with Gasteiger partial charge < -0.3 is 15.7 Å². The minimum absolute atomic E-state index is 0.0925. The SMILES string of the molecule is Cc1cc(C(=O)N2CCC(C)(C(N)=O)C2)sc1C#CCO. The molecular formula is C15H18N2O3S. The lowest BCUT2D eigenvalue weighted by Gasteiger charge is -2.20. The summed E-state index contributed by atoms with van der Waals surface area (Å²) in [6.07, 6.45) is 0.593. The van der Waals surface area contributed by atoms with Crippen molar-refractivity contribution in [3.63, 3.8) is 0 Å². The number of aryl methyl sites for hydroxylation is 1. The molecule has 1 atom stereocenters. The van der Waals surface area contributed by atoms with Crippen LogP contribution in [0.15, 0.2) is 6.07 Å². The zero-order valence-electron chi connectivity index (χ0n) is 12.1. The zero-order valence-corrected chi connectivity index (χ0v) is 12.9. The quantitative estimate of drug-likeness (QED) is 0.790. The summed E-state index contributed by atoms with van der Waals surface area (Å²) in [6.45, 7) is 4.36. The fourth-order valence-electron chi connectivity index (χ4n) is 2.32. The standard InChI is InChI=1S/C15H18N2O3S/c1-10-8-12(21-11(10)4-3-7-18)13(19)17-6-5-15(2,9-17)14(16)20/h8,18H,5-7,9H2,1-2H3,(H2,16,20). The summed E-state index contributed by atoms with van der Waals surface area (Å²) < 4.78 is 0. The lowest BCUT2D eigenvalue weighted by atomic mass is 9.89. The first-order valence-corrected chi connectivity index (χ1v) is 7.48. The van der Waals surface area contributed by atoms with Crippen LogP contribution in [-0.4, -0.2) is 41.5 Å². The molecule has 1 aliphatic heterocycles. The second-order valence-electron chi connectivity index (χ2n) is 5.48. The average Bonchev–Trinajstić information content (AvgIpc) is 3.00. The van der Waals surface area contributed by atoms with Crippen LogP contribution in [0.5, 0.6) is 0 Å². The van der Waals surface area contributed by atoms with Crippen molar-refractivity contribution in [1.29, 1.82) is 0 Å². The predicted molar refractivity (Wildman–Crippen MR) is 80.8 cm³/mol. The summed E-state index contributed by atoms with van der Waals surface area (Å²) in [4.78, 5) is 27.0. The van der Waals surface area contributed by atoms with Crippen molar-refractivity contribution < 1.29 is 14.7 Å². The van der Waals surface area contributed by atoms with Crippen molar-refractivity contribution in [3.8, 4) is 11.8 Å². The second-order valence-corrected chi connectivity index (χ2v) is 6.54. The van der Waals surface area contributed by atoms with E-state index in [-0.39, 0.29) is 18.4 Å². The van der Waals surface area contributed by atoms with Gasteiger partial charge in [0.25, 0.3) is 5.91 Å². The molecule has 1 unspecified atom stereocenters. The molecule has 0 radical (unpaired) electrons. The zero-order chi connectivity index (χ0) is 15.6. The molecule has 1 fully saturated rings. The van der Waals surface area contributed by atoms with Crippen molar-refractivity contribution in [3.05, 3.63) is 21.4 Å². The number of primary amides is 1. The summed E-state index contributed by atoms with van der Waals surface area (Å²) in [6, 6.07) is 1.80. The number of aliphatic hydroxyl groups is 1. The summed E-state index contributed by atoms with van der Waals surface area (Å²) in [5, 5.41) is 8.73. The molecule has 0 saturated carbocycles. The Bertz CT molecular complexity index is 641. The van der Waals surface area contributed by atoms with E-state index in [0.717, 1.165) is 10.4 Å². The highest BCUT2D eigenvalue weighted by Crippen LogP contribution is 2.32. The van der Waals surface area contributed by atoms with Gasteiger partial charge in [0.05, 0.1) is 15.2 Å². The first kappa shape index (κ1) is 15.5. The number of carbonyl (C=O) groups excluding carboxylic acids is 2. The number of aliphatic hydroxyl groups excluding tert-OH is 1. The minimum Gasteiger partial charge on any atom is -0.384 e. The molecule has 2 amide bonds. The van der Waals surface area contributed by atoms with Crippen molar-refractivity contribution in [2.45, 2.75) is 20.3 Å². The highest BCUT2D eigenvalue weighted by molar-refractivity contribution is 7.14. The van der Waals surface area contributed by atoms with E-state index >= 15 is 0 Å². The van der Waals surface area contributed by atoms with Gasteiger partial charge >= 0.3 is 0 Å². The Labute approximate surface area is 127 Å². The highest BCUT2D eigenvalue weighted by atomic mass is 32.1. The molecule has 2 rings (SSSR count). The Balaban J connectivity index is 2.17. The van der Waals surface area contributed by atoms with E-state index in [4.69, 9.17) is 10.8 Å². The van der Waals surface area contributed by atoms with Crippen molar-refractivity contribution in [2.24, 2.45) is 11.1 Å². The van der Waals surface area contributed by atoms with Gasteiger partial charge in [-0.3, -0.25) is 9.59 Å². The average molecular weight is 306 g/mol. The molecule has 1 aromatic rings. The number of amides is 2. The van der Waals surface area contributed by atoms with E-state index in [1.165, 1.54) is 11.3 Å². The van der Waals surface area contributed by atoms with Crippen LogP contribution in [-0.2, 0) is 4.79 Å². The molecule has 21 heavy (non-hydrogen) atoms. The van der Waals surface area contributed by atoms with E-state index in [2.05, 4.69) is 11.8 Å². The van der Waals surface area contributed by atoms with Crippen molar-refractivity contribution in [2.75, 3.05) is 19.7 Å². The van der Waals surface area contributed by atoms with Crippen LogP contribution in [0.2, 0.25) is 0 Å². The molecule has 5 nitrogen and oxygen atoms in total. The van der Waals surface area contributed by atoms with Crippen molar-refractivity contribution >= 4 is 23.2 Å². The third-order valence-electron chi connectivity index (χ3n) is 3.76. The Morgan fingerprint density at radius 2 is 2.29 bits per heavy atom. The first-order chi connectivity index (χ1) is 9.87. The number of carbonyl (C=O) groups is 2. The van der Waals surface area contributed by atoms with E-state index in [9.17, 15) is 9.59 Å². The number of nitrogens with zero attached hydrogens (tertiary/aromatic N) is 1. The largest absolute Gasteiger partial charge is 0.384 e. The molecule has 0 aromatic carbocycles. The van der Waals surface area contributed by atoms with Crippen LogP contribution in [0.4, 0.5) is 0 Å². The number of nitrogens with two attached hydrogens (primary N) is 1. The van der Waals surface area contributed by atoms with E-state index < -0.39 is 5.41 Å². The molecule has 0 spiro atoms. The van der Waals surface area contributed by atoms with Gasteiger partial charge in [-0.05, 0) is 31.9 Å². The predicted octanol–water partition coefficient (Wildman–Crippen LogP) is 0.738. The number of rotatable bonds is 2. The van der Waals surface area contributed by atoms with Crippen molar-refractivity contribution in [1.82, 2.24) is 4.90 Å². The molecule has 6 heteroatoms. The maximum absolute atomic E-state index is 12.5. The van der Waals surface area contributed by atoms with Gasteiger partial charge in [-0.2, -0.15) is 0 Å². The maximum Gasteiger partial charge on any atom is 0.264 e. The van der Waals surface area contributed by atoms with Crippen LogP contribution in [0, 0.1) is 24.2 Å². The normalized spacial score (nSPS) is 21.0. The third-order valence-corrected chi connectivity index (χ3v) is 4.91. The molecule has 3 N–H and O–H groups in total. The molecule has 0 aliphatic carbocycles. The Kier molecular flexibility index (Phi) is 4.35. The van der Waals surface area contributed by atoms with Crippen LogP contribution < -0.4 is 5.73 Å². The Hall–Kier alpha value is -1.84. The lowest BCUT2D eigenvalue weighted by Crippen LogP contribution is -2.38. The fraction of sp³-hybridized carbons (Fsp3) is 0.467. The smallest absolute Gasteiger partial charge is 0.264 e. The monoisotopic (exact) mass is 306 g/mol. The molecule has 2 heterocycles. The molecule has 1 saturated heterocycles. The van der Waals surface area contributed by atoms with Crippen LogP contribution in [0.3, 0.4) is 0 Å². The van der Waals surface area contributed by atoms with E-state index in [0.29, 0.717) is 24.4 Å². The maximum atomic E-state index is 12.5. The van der Waals surface area contributed by atoms with Crippen LogP contribution in [0.25, 0.3) is 0 Å². The molecule has 1 aliphatic rings. The van der Waals surface area contributed by atoms with Gasteiger partial charge in [-0.25, -0.2) is 0 Å². The summed E-state index contributed by atoms with van der Waals surface area (Å²) in [5.41, 5.74) is 5.68. The van der Waals surface area contributed by atoms with Gasteiger partial charge in [-0.15, -0.1) is 11.3 Å². The molecule has 1 aromatic heterocycles. The van der Waals surface area contributed by atoms with Gasteiger partial charge in [0.15, 0.2) is 0 Å². The third kappa shape index (κ3) is 3.09. The molecule has 112 valence electrons. The van der Waals surface area contributed by atoms with E-state index in [1.807, 2.05) is 6.92 Å². The number of hydrogen-bond donors (Lipinski definition) is 2. The molecule has 0 bridgehead atoms. The Morgan fingerprint density at radius 3 is 2.86 bits per heavy atom. The van der Waals surface area contributed by atoms with Gasteiger partial charge in [-0.1, -0.05) is 11.8 Å². The fourth-order valence-corrected chi connectivity index (χ4v) is 3.34. The van der Waals surface area contributed by atoms with Gasteiger partial charge in [0, 0.05) is 13.1 Å². The number of hydrogen-bond acceptors (Lipinski definition) is 4. The van der Waals surface area contributed by atoms with Gasteiger partial charge in [0.1, 0.15) is 6.61 Å². The van der Waals surface area contributed by atoms with Crippen LogP contribution in [0.1, 0.15) is 33.5 Å². The second kappa shape index (κ2) is 5.88. The minimum atomic E-state index is -0.637. The topological polar surface area (TPSA) is 83.6 Å². The first-order valence-electron chi connectivity index (χ1n) is 6.67.